The van der Waals surface area contributed by atoms with Gasteiger partial charge in [0, 0.05) is 33.4 Å². The zero-order valence-electron chi connectivity index (χ0n) is 8.52. The third kappa shape index (κ3) is 1.78. The lowest BCUT2D eigenvalue weighted by Crippen LogP contribution is -1.92. The van der Waals surface area contributed by atoms with Gasteiger partial charge in [-0.05, 0) is 25.1 Å². The normalized spacial score (nSPS) is 10.6. The molecule has 0 radical (unpaired) electrons. The fourth-order valence-corrected chi connectivity index (χ4v) is 1.98. The minimum atomic E-state index is 0.598. The van der Waals surface area contributed by atoms with E-state index in [1.807, 2.05) is 31.2 Å². The molecule has 2 rings (SSSR count). The molecular formula is C11H11NO2S. The van der Waals surface area contributed by atoms with Crippen molar-refractivity contribution in [1.29, 1.82) is 0 Å². The Labute approximate surface area is 92.3 Å². The summed E-state index contributed by atoms with van der Waals surface area (Å²) in [4.78, 5) is 5.10. The van der Waals surface area contributed by atoms with Gasteiger partial charge < -0.3 is 9.29 Å². The van der Waals surface area contributed by atoms with Crippen LogP contribution in [-0.4, -0.2) is 16.6 Å². The number of hydrogen-bond donors (Lipinski definition) is 1. The van der Waals surface area contributed by atoms with Crippen LogP contribution < -0.4 is 4.74 Å². The van der Waals surface area contributed by atoms with E-state index in [9.17, 15) is 0 Å². The summed E-state index contributed by atoms with van der Waals surface area (Å²) in [6.45, 7) is 1.90. The molecule has 1 heterocycles. The SMILES string of the molecule is COc1nc(C)cc2c(SO)cccc12. The van der Waals surface area contributed by atoms with Crippen molar-refractivity contribution in [3.8, 4) is 5.88 Å². The second-order valence-corrected chi connectivity index (χ2v) is 3.84. The Morgan fingerprint density at radius 1 is 1.33 bits per heavy atom. The zero-order valence-corrected chi connectivity index (χ0v) is 9.34. The summed E-state index contributed by atoms with van der Waals surface area (Å²) in [6.07, 6.45) is 0. The van der Waals surface area contributed by atoms with Gasteiger partial charge in [-0.1, -0.05) is 6.07 Å². The average Bonchev–Trinajstić information content (AvgIpc) is 2.27. The molecule has 3 nitrogen and oxygen atoms in total. The molecule has 0 aliphatic rings. The van der Waals surface area contributed by atoms with Gasteiger partial charge >= 0.3 is 0 Å². The van der Waals surface area contributed by atoms with E-state index in [0.717, 1.165) is 33.4 Å². The molecule has 1 aromatic carbocycles. The molecule has 0 spiro atoms. The molecule has 0 saturated heterocycles. The molecule has 0 fully saturated rings. The van der Waals surface area contributed by atoms with Crippen LogP contribution in [0.5, 0.6) is 5.88 Å². The molecule has 0 bridgehead atoms. The maximum atomic E-state index is 9.15. The summed E-state index contributed by atoms with van der Waals surface area (Å²) in [6, 6.07) is 7.61. The van der Waals surface area contributed by atoms with Crippen LogP contribution in [0.1, 0.15) is 5.69 Å². The number of rotatable bonds is 2. The molecule has 2 aromatic rings. The van der Waals surface area contributed by atoms with Gasteiger partial charge in [-0.2, -0.15) is 0 Å². The smallest absolute Gasteiger partial charge is 0.221 e. The van der Waals surface area contributed by atoms with Gasteiger partial charge in [0.1, 0.15) is 0 Å². The van der Waals surface area contributed by atoms with Crippen molar-refractivity contribution in [2.75, 3.05) is 7.11 Å². The summed E-state index contributed by atoms with van der Waals surface area (Å²) in [5.74, 6) is 0.598. The van der Waals surface area contributed by atoms with E-state index < -0.39 is 0 Å². The maximum absolute atomic E-state index is 9.15. The summed E-state index contributed by atoms with van der Waals surface area (Å²) >= 11 is 0.743. The van der Waals surface area contributed by atoms with Crippen LogP contribution in [0, 0.1) is 6.92 Å². The Morgan fingerprint density at radius 2 is 2.13 bits per heavy atom. The van der Waals surface area contributed by atoms with Crippen LogP contribution in [0.4, 0.5) is 0 Å². The van der Waals surface area contributed by atoms with E-state index in [1.54, 1.807) is 7.11 Å². The summed E-state index contributed by atoms with van der Waals surface area (Å²) in [5.41, 5.74) is 0.876. The van der Waals surface area contributed by atoms with Crippen LogP contribution in [0.2, 0.25) is 0 Å². The molecule has 0 amide bonds. The number of ether oxygens (including phenoxy) is 1. The third-order valence-electron chi connectivity index (χ3n) is 2.22. The topological polar surface area (TPSA) is 42.4 Å². The number of methoxy groups -OCH3 is 1. The van der Waals surface area contributed by atoms with Crippen molar-refractivity contribution >= 4 is 22.8 Å². The molecule has 0 aliphatic heterocycles. The number of benzene rings is 1. The first kappa shape index (κ1) is 10.3. The predicted octanol–water partition coefficient (Wildman–Crippen LogP) is 3.12. The number of hydrogen-bond acceptors (Lipinski definition) is 4. The Kier molecular flexibility index (Phi) is 2.79. The first-order valence-electron chi connectivity index (χ1n) is 4.52. The van der Waals surface area contributed by atoms with Crippen molar-refractivity contribution in [3.63, 3.8) is 0 Å². The second-order valence-electron chi connectivity index (χ2n) is 3.22. The Morgan fingerprint density at radius 3 is 2.80 bits per heavy atom. The van der Waals surface area contributed by atoms with Crippen molar-refractivity contribution in [2.45, 2.75) is 11.8 Å². The van der Waals surface area contributed by atoms with Crippen LogP contribution in [0.15, 0.2) is 29.2 Å². The molecule has 1 aromatic heterocycles. The fraction of sp³-hybridized carbons (Fsp3) is 0.182. The second kappa shape index (κ2) is 4.08. The molecule has 4 heteroatoms. The minimum absolute atomic E-state index is 0.598. The van der Waals surface area contributed by atoms with Crippen molar-refractivity contribution < 1.29 is 9.29 Å². The highest BCUT2D eigenvalue weighted by atomic mass is 32.2. The van der Waals surface area contributed by atoms with Crippen molar-refractivity contribution in [1.82, 2.24) is 4.98 Å². The monoisotopic (exact) mass is 221 g/mol. The van der Waals surface area contributed by atoms with Crippen LogP contribution in [-0.2, 0) is 0 Å². The van der Waals surface area contributed by atoms with E-state index in [0.29, 0.717) is 5.88 Å². The van der Waals surface area contributed by atoms with Gasteiger partial charge in [-0.25, -0.2) is 4.98 Å². The van der Waals surface area contributed by atoms with E-state index in [4.69, 9.17) is 9.29 Å². The molecule has 78 valence electrons. The zero-order chi connectivity index (χ0) is 10.8. The van der Waals surface area contributed by atoms with Gasteiger partial charge in [-0.15, -0.1) is 0 Å². The molecule has 0 atom stereocenters. The number of pyridine rings is 1. The molecule has 0 aliphatic carbocycles. The van der Waals surface area contributed by atoms with Crippen LogP contribution in [0.25, 0.3) is 10.8 Å². The largest absolute Gasteiger partial charge is 0.481 e. The molecular weight excluding hydrogens is 210 g/mol. The molecule has 0 saturated carbocycles. The van der Waals surface area contributed by atoms with Gasteiger partial charge in [0.25, 0.3) is 0 Å². The van der Waals surface area contributed by atoms with E-state index in [2.05, 4.69) is 4.98 Å². The van der Waals surface area contributed by atoms with Gasteiger partial charge in [-0.3, -0.25) is 0 Å². The third-order valence-corrected chi connectivity index (χ3v) is 2.77. The summed E-state index contributed by atoms with van der Waals surface area (Å²) in [5, 5.41) is 1.89. The molecule has 15 heavy (non-hydrogen) atoms. The van der Waals surface area contributed by atoms with Crippen molar-refractivity contribution in [2.24, 2.45) is 0 Å². The lowest BCUT2D eigenvalue weighted by molar-refractivity contribution is 0.402. The van der Waals surface area contributed by atoms with E-state index >= 15 is 0 Å². The Bertz CT molecular complexity index is 499. The standard InChI is InChI=1S/C11H11NO2S/c1-7-6-9-8(11(12-7)14-2)4-3-5-10(9)15-13/h3-6,13H,1-2H3. The highest BCUT2D eigenvalue weighted by molar-refractivity contribution is 7.94. The number of aromatic nitrogens is 1. The Hall–Kier alpha value is -1.26. The summed E-state index contributed by atoms with van der Waals surface area (Å²) in [7, 11) is 1.60. The summed E-state index contributed by atoms with van der Waals surface area (Å²) < 4.78 is 14.4. The first-order valence-corrected chi connectivity index (χ1v) is 5.29. The number of aryl methyl sites for hydroxylation is 1. The first-order chi connectivity index (χ1) is 7.26. The lowest BCUT2D eigenvalue weighted by atomic mass is 10.1. The lowest BCUT2D eigenvalue weighted by Gasteiger charge is -2.07. The van der Waals surface area contributed by atoms with E-state index in [1.165, 1.54) is 0 Å². The highest BCUT2D eigenvalue weighted by Crippen LogP contribution is 2.31. The maximum Gasteiger partial charge on any atom is 0.221 e. The van der Waals surface area contributed by atoms with Gasteiger partial charge in [0.15, 0.2) is 0 Å². The average molecular weight is 221 g/mol. The van der Waals surface area contributed by atoms with E-state index in [-0.39, 0.29) is 0 Å². The minimum Gasteiger partial charge on any atom is -0.481 e. The van der Waals surface area contributed by atoms with Crippen LogP contribution >= 0.6 is 12.0 Å². The van der Waals surface area contributed by atoms with Gasteiger partial charge in [0.2, 0.25) is 5.88 Å². The molecule has 1 N–H and O–H groups in total. The highest BCUT2D eigenvalue weighted by Gasteiger charge is 2.07. The fourth-order valence-electron chi connectivity index (χ4n) is 1.58. The van der Waals surface area contributed by atoms with Crippen LogP contribution in [0.3, 0.4) is 0 Å². The number of fused-ring (bicyclic) bond motifs is 1. The Balaban J connectivity index is 2.82. The van der Waals surface area contributed by atoms with Crippen molar-refractivity contribution in [3.05, 3.63) is 30.0 Å². The molecule has 0 unspecified atom stereocenters. The number of nitrogens with zero attached hydrogens (tertiary/aromatic N) is 1. The predicted molar refractivity (Wildman–Crippen MR) is 61.5 cm³/mol. The quantitative estimate of drug-likeness (QED) is 0.791. The van der Waals surface area contributed by atoms with Gasteiger partial charge in [0.05, 0.1) is 7.11 Å².